The van der Waals surface area contributed by atoms with Crippen LogP contribution in [-0.2, 0) is 10.0 Å². The molecule has 1 aliphatic carbocycles. The van der Waals surface area contributed by atoms with Gasteiger partial charge in [0.15, 0.2) is 0 Å². The van der Waals surface area contributed by atoms with Gasteiger partial charge in [0, 0.05) is 17.6 Å². The van der Waals surface area contributed by atoms with Crippen molar-refractivity contribution in [3.63, 3.8) is 0 Å². The highest BCUT2D eigenvalue weighted by Gasteiger charge is 2.32. The molecule has 0 spiro atoms. The van der Waals surface area contributed by atoms with Crippen molar-refractivity contribution in [3.8, 4) is 0 Å². The maximum absolute atomic E-state index is 12.8. The molecule has 1 aromatic rings. The maximum Gasteiger partial charge on any atom is 0.246 e. The minimum atomic E-state index is -3.68. The van der Waals surface area contributed by atoms with Crippen LogP contribution in [0, 0.1) is 0 Å². The zero-order valence-corrected chi connectivity index (χ0v) is 15.7. The molecule has 0 bridgehead atoms. The third-order valence-electron chi connectivity index (χ3n) is 3.94. The van der Waals surface area contributed by atoms with Gasteiger partial charge >= 0.3 is 0 Å². The van der Waals surface area contributed by atoms with Gasteiger partial charge in [-0.1, -0.05) is 64.8 Å². The van der Waals surface area contributed by atoms with Crippen molar-refractivity contribution in [3.05, 3.63) is 26.7 Å². The van der Waals surface area contributed by atoms with Crippen molar-refractivity contribution < 1.29 is 8.42 Å². The largest absolute Gasteiger partial charge is 0.246 e. The summed E-state index contributed by atoms with van der Waals surface area (Å²) in [6, 6.07) is 3.14. The Morgan fingerprint density at radius 1 is 1.10 bits per heavy atom. The van der Waals surface area contributed by atoms with Gasteiger partial charge in [-0.15, -0.1) is 0 Å². The number of nitrogens with zero attached hydrogens (tertiary/aromatic N) is 1. The van der Waals surface area contributed by atoms with Crippen molar-refractivity contribution >= 4 is 49.2 Å². The fraction of sp³-hybridized carbons (Fsp3) is 0.571. The minimum absolute atomic E-state index is 0.000722. The number of sulfonamides is 1. The maximum atomic E-state index is 12.8. The standard InChI is InChI=1S/C14H18BrCl2NO2S/c1-18(11-6-4-2-3-5-7-11)21(19,20)14-12(16)8-10(15)9-13(14)17/h8-9,11H,2-7H2,1H3. The summed E-state index contributed by atoms with van der Waals surface area (Å²) in [5, 5.41) is 0.296. The van der Waals surface area contributed by atoms with Crippen molar-refractivity contribution in [1.82, 2.24) is 4.31 Å². The highest BCUT2D eigenvalue weighted by atomic mass is 79.9. The quantitative estimate of drug-likeness (QED) is 0.645. The van der Waals surface area contributed by atoms with Crippen LogP contribution in [0.3, 0.4) is 0 Å². The van der Waals surface area contributed by atoms with E-state index in [9.17, 15) is 8.42 Å². The Morgan fingerprint density at radius 3 is 2.05 bits per heavy atom. The van der Waals surface area contributed by atoms with E-state index >= 15 is 0 Å². The molecule has 3 nitrogen and oxygen atoms in total. The van der Waals surface area contributed by atoms with Crippen molar-refractivity contribution in [2.24, 2.45) is 0 Å². The van der Waals surface area contributed by atoms with Gasteiger partial charge in [-0.3, -0.25) is 0 Å². The van der Waals surface area contributed by atoms with E-state index in [1.807, 2.05) is 0 Å². The highest BCUT2D eigenvalue weighted by molar-refractivity contribution is 9.10. The van der Waals surface area contributed by atoms with Gasteiger partial charge in [0.1, 0.15) is 4.90 Å². The molecule has 118 valence electrons. The molecular formula is C14H18BrCl2NO2S. The summed E-state index contributed by atoms with van der Waals surface area (Å²) in [6.07, 6.45) is 6.25. The van der Waals surface area contributed by atoms with E-state index in [1.165, 1.54) is 17.1 Å². The van der Waals surface area contributed by atoms with Gasteiger partial charge in [0.2, 0.25) is 10.0 Å². The Bertz CT molecular complexity index is 590. The summed E-state index contributed by atoms with van der Waals surface area (Å²) in [7, 11) is -2.06. The first-order valence-electron chi connectivity index (χ1n) is 6.96. The second-order valence-corrected chi connectivity index (χ2v) is 9.03. The summed E-state index contributed by atoms with van der Waals surface area (Å²) in [5.41, 5.74) is 0. The summed E-state index contributed by atoms with van der Waals surface area (Å²) in [6.45, 7) is 0. The Hall–Kier alpha value is 0.190. The Balaban J connectivity index is 2.37. The lowest BCUT2D eigenvalue weighted by Gasteiger charge is -2.27. The zero-order valence-electron chi connectivity index (χ0n) is 11.8. The smallest absolute Gasteiger partial charge is 0.207 e. The fourth-order valence-electron chi connectivity index (χ4n) is 2.74. The molecule has 7 heteroatoms. The average molecular weight is 415 g/mol. The van der Waals surface area contributed by atoms with Gasteiger partial charge in [-0.05, 0) is 25.0 Å². The van der Waals surface area contributed by atoms with E-state index in [0.29, 0.717) is 4.47 Å². The van der Waals surface area contributed by atoms with Crippen LogP contribution >= 0.6 is 39.1 Å². The molecule has 0 atom stereocenters. The second-order valence-electron chi connectivity index (χ2n) is 5.37. The SMILES string of the molecule is CN(C1CCCCCC1)S(=O)(=O)c1c(Cl)cc(Br)cc1Cl. The second kappa shape index (κ2) is 7.18. The minimum Gasteiger partial charge on any atom is -0.207 e. The molecule has 0 heterocycles. The highest BCUT2D eigenvalue weighted by Crippen LogP contribution is 2.36. The molecule has 2 rings (SSSR count). The lowest BCUT2D eigenvalue weighted by molar-refractivity contribution is 0.336. The van der Waals surface area contributed by atoms with Gasteiger partial charge in [-0.2, -0.15) is 4.31 Å². The molecule has 0 unspecified atom stereocenters. The van der Waals surface area contributed by atoms with Crippen LogP contribution < -0.4 is 0 Å². The van der Waals surface area contributed by atoms with Gasteiger partial charge < -0.3 is 0 Å². The van der Waals surface area contributed by atoms with Crippen molar-refractivity contribution in [2.75, 3.05) is 7.05 Å². The van der Waals surface area contributed by atoms with Gasteiger partial charge in [-0.25, -0.2) is 8.42 Å². The number of hydrogen-bond donors (Lipinski definition) is 0. The van der Waals surface area contributed by atoms with E-state index in [1.54, 1.807) is 19.2 Å². The molecule has 0 saturated heterocycles. The zero-order chi connectivity index (χ0) is 15.6. The lowest BCUT2D eigenvalue weighted by atomic mass is 10.1. The molecular weight excluding hydrogens is 397 g/mol. The number of halogens is 3. The third-order valence-corrected chi connectivity index (χ3v) is 7.23. The van der Waals surface area contributed by atoms with E-state index in [4.69, 9.17) is 23.2 Å². The Kier molecular flexibility index (Phi) is 5.99. The van der Waals surface area contributed by atoms with Gasteiger partial charge in [0.05, 0.1) is 10.0 Å². The van der Waals surface area contributed by atoms with E-state index in [2.05, 4.69) is 15.9 Å². The summed E-state index contributed by atoms with van der Waals surface area (Å²) in [5.74, 6) is 0. The molecule has 21 heavy (non-hydrogen) atoms. The normalized spacial score (nSPS) is 18.0. The molecule has 1 aromatic carbocycles. The van der Waals surface area contributed by atoms with E-state index in [0.717, 1.165) is 25.7 Å². The van der Waals surface area contributed by atoms with Gasteiger partial charge in [0.25, 0.3) is 0 Å². The first-order chi connectivity index (χ1) is 9.84. The Morgan fingerprint density at radius 2 is 1.57 bits per heavy atom. The fourth-order valence-corrected chi connectivity index (χ4v) is 6.03. The average Bonchev–Trinajstić information content (AvgIpc) is 2.64. The monoisotopic (exact) mass is 413 g/mol. The lowest BCUT2D eigenvalue weighted by Crippen LogP contribution is -2.37. The summed E-state index contributed by atoms with van der Waals surface area (Å²) >= 11 is 15.5. The first-order valence-corrected chi connectivity index (χ1v) is 9.95. The first kappa shape index (κ1) is 17.5. The molecule has 0 amide bonds. The van der Waals surface area contributed by atoms with E-state index < -0.39 is 10.0 Å². The molecule has 1 fully saturated rings. The Labute approximate surface area is 144 Å². The van der Waals surface area contributed by atoms with Crippen LogP contribution in [0.1, 0.15) is 38.5 Å². The number of benzene rings is 1. The molecule has 0 aromatic heterocycles. The van der Waals surface area contributed by atoms with Crippen LogP contribution in [0.4, 0.5) is 0 Å². The molecule has 0 N–H and O–H groups in total. The van der Waals surface area contributed by atoms with Crippen LogP contribution in [0.25, 0.3) is 0 Å². The molecule has 0 aliphatic heterocycles. The summed E-state index contributed by atoms with van der Waals surface area (Å²) in [4.78, 5) is 0.000722. The van der Waals surface area contributed by atoms with Crippen LogP contribution in [0.5, 0.6) is 0 Å². The van der Waals surface area contributed by atoms with Crippen LogP contribution in [0.15, 0.2) is 21.5 Å². The van der Waals surface area contributed by atoms with E-state index in [-0.39, 0.29) is 21.0 Å². The predicted octanol–water partition coefficient (Wildman–Crippen LogP) is 5.10. The van der Waals surface area contributed by atoms with Crippen LogP contribution in [-0.4, -0.2) is 25.8 Å². The predicted molar refractivity (Wildman–Crippen MR) is 90.6 cm³/mol. The number of hydrogen-bond acceptors (Lipinski definition) is 2. The topological polar surface area (TPSA) is 37.4 Å². The number of rotatable bonds is 3. The summed E-state index contributed by atoms with van der Waals surface area (Å²) < 4.78 is 27.8. The van der Waals surface area contributed by atoms with Crippen LogP contribution in [0.2, 0.25) is 10.0 Å². The van der Waals surface area contributed by atoms with Crippen molar-refractivity contribution in [1.29, 1.82) is 0 Å². The van der Waals surface area contributed by atoms with Crippen molar-refractivity contribution in [2.45, 2.75) is 49.5 Å². The third kappa shape index (κ3) is 3.94. The molecule has 1 saturated carbocycles. The molecule has 1 aliphatic rings. The molecule has 0 radical (unpaired) electrons.